The van der Waals surface area contributed by atoms with Gasteiger partial charge in [-0.25, -0.2) is 9.69 Å². The van der Waals surface area contributed by atoms with Crippen molar-refractivity contribution >= 4 is 18.0 Å². The van der Waals surface area contributed by atoms with Gasteiger partial charge >= 0.3 is 6.09 Å². The number of hydrogen-bond acceptors (Lipinski definition) is 7. The van der Waals surface area contributed by atoms with Gasteiger partial charge in [-0.05, 0) is 56.0 Å². The molecule has 0 bridgehead atoms. The summed E-state index contributed by atoms with van der Waals surface area (Å²) < 4.78 is 11.1. The van der Waals surface area contributed by atoms with E-state index in [1.54, 1.807) is 11.8 Å². The van der Waals surface area contributed by atoms with Crippen LogP contribution in [0, 0.1) is 12.8 Å². The summed E-state index contributed by atoms with van der Waals surface area (Å²) in [4.78, 5) is 27.3. The highest BCUT2D eigenvalue weighted by molar-refractivity contribution is 5.88. The fraction of sp³-hybridized carbons (Fsp3) is 0.360. The first-order valence-electron chi connectivity index (χ1n) is 11.2. The number of amides is 1. The van der Waals surface area contributed by atoms with E-state index >= 15 is 0 Å². The van der Waals surface area contributed by atoms with Crippen LogP contribution >= 0.6 is 0 Å². The molecule has 1 amide bonds. The zero-order chi connectivity index (χ0) is 23.4. The number of nitrogens with zero attached hydrogens (tertiary/aromatic N) is 4. The summed E-state index contributed by atoms with van der Waals surface area (Å²) in [5.41, 5.74) is 1.05. The lowest BCUT2D eigenvalue weighted by molar-refractivity contribution is 0.178. The maximum Gasteiger partial charge on any atom is 0.417 e. The number of hydrogen-bond donors (Lipinski definition) is 1. The van der Waals surface area contributed by atoms with Crippen LogP contribution in [0.15, 0.2) is 54.6 Å². The molecule has 1 aliphatic heterocycles. The molecule has 4 rings (SSSR count). The molecule has 1 fully saturated rings. The molecule has 1 aliphatic rings. The van der Waals surface area contributed by atoms with Crippen LogP contribution in [0.2, 0.25) is 0 Å². The van der Waals surface area contributed by atoms with Crippen LogP contribution in [0.25, 0.3) is 0 Å². The molecule has 8 heteroatoms. The van der Waals surface area contributed by atoms with E-state index in [1.807, 2.05) is 61.5 Å². The van der Waals surface area contributed by atoms with Gasteiger partial charge in [-0.2, -0.15) is 15.0 Å². The van der Waals surface area contributed by atoms with Crippen molar-refractivity contribution in [3.63, 3.8) is 0 Å². The van der Waals surface area contributed by atoms with Crippen LogP contribution in [-0.4, -0.2) is 33.7 Å². The molecule has 1 aromatic heterocycles. The summed E-state index contributed by atoms with van der Waals surface area (Å²) in [5.74, 6) is 3.24. The Bertz CT molecular complexity index is 1090. The molecule has 2 atom stereocenters. The van der Waals surface area contributed by atoms with Gasteiger partial charge in [-0.3, -0.25) is 0 Å². The molecule has 2 aromatic carbocycles. The first-order chi connectivity index (χ1) is 15.9. The average molecular weight is 448 g/mol. The van der Waals surface area contributed by atoms with Crippen molar-refractivity contribution < 1.29 is 14.3 Å². The van der Waals surface area contributed by atoms with Gasteiger partial charge in [-0.1, -0.05) is 44.2 Å². The Morgan fingerprint density at radius 2 is 1.73 bits per heavy atom. The molecule has 33 heavy (non-hydrogen) atoms. The van der Waals surface area contributed by atoms with E-state index in [0.29, 0.717) is 30.2 Å². The molecule has 0 aliphatic carbocycles. The smallest absolute Gasteiger partial charge is 0.417 e. The lowest BCUT2D eigenvalue weighted by Crippen LogP contribution is -2.36. The van der Waals surface area contributed by atoms with Crippen molar-refractivity contribution in [1.82, 2.24) is 15.0 Å². The number of aryl methyl sites for hydroxylation is 1. The predicted molar refractivity (Wildman–Crippen MR) is 127 cm³/mol. The number of benzene rings is 2. The van der Waals surface area contributed by atoms with Crippen LogP contribution < -0.4 is 15.0 Å². The number of carbonyl (C=O) groups is 1. The lowest BCUT2D eigenvalue weighted by Gasteiger charge is -2.22. The third-order valence-corrected chi connectivity index (χ3v) is 5.36. The Labute approximate surface area is 194 Å². The third-order valence-electron chi connectivity index (χ3n) is 5.36. The summed E-state index contributed by atoms with van der Waals surface area (Å²) >= 11 is 0. The highest BCUT2D eigenvalue weighted by atomic mass is 16.6. The van der Waals surface area contributed by atoms with Crippen LogP contribution in [0.1, 0.15) is 44.6 Å². The normalized spacial score (nSPS) is 16.6. The second kappa shape index (κ2) is 9.85. The number of cyclic esters (lactones) is 1. The molecule has 1 saturated heterocycles. The predicted octanol–water partition coefficient (Wildman–Crippen LogP) is 5.52. The average Bonchev–Trinajstić information content (AvgIpc) is 3.13. The molecular weight excluding hydrogens is 418 g/mol. The molecule has 0 radical (unpaired) electrons. The first-order valence-corrected chi connectivity index (χ1v) is 11.2. The van der Waals surface area contributed by atoms with E-state index in [-0.39, 0.29) is 12.1 Å². The molecule has 1 N–H and O–H groups in total. The number of anilines is 2. The third kappa shape index (κ3) is 5.58. The van der Waals surface area contributed by atoms with Gasteiger partial charge in [0.05, 0.1) is 12.1 Å². The van der Waals surface area contributed by atoms with Crippen molar-refractivity contribution in [2.24, 2.45) is 5.92 Å². The van der Waals surface area contributed by atoms with Crippen LogP contribution in [-0.2, 0) is 4.74 Å². The SMILES string of the molecule is Cc1nc(N[C@@H](C)c2ccc(Oc3ccccc3)cc2)nc(N2C(=O)OC[C@@H]2CC(C)C)n1. The largest absolute Gasteiger partial charge is 0.457 e. The van der Waals surface area contributed by atoms with Gasteiger partial charge in [0.15, 0.2) is 0 Å². The van der Waals surface area contributed by atoms with Gasteiger partial charge in [0.1, 0.15) is 23.9 Å². The fourth-order valence-corrected chi connectivity index (χ4v) is 3.79. The van der Waals surface area contributed by atoms with Crippen molar-refractivity contribution in [3.8, 4) is 11.5 Å². The molecule has 3 aromatic rings. The second-order valence-corrected chi connectivity index (χ2v) is 8.59. The molecule has 2 heterocycles. The Morgan fingerprint density at radius 3 is 2.42 bits per heavy atom. The van der Waals surface area contributed by atoms with Gasteiger partial charge in [0.25, 0.3) is 0 Å². The molecule has 8 nitrogen and oxygen atoms in total. The Balaban J connectivity index is 1.47. The van der Waals surface area contributed by atoms with Crippen molar-refractivity contribution in [2.45, 2.75) is 46.2 Å². The van der Waals surface area contributed by atoms with Crippen LogP contribution in [0.5, 0.6) is 11.5 Å². The standard InChI is InChI=1S/C25H29N5O3/c1-16(2)14-20-15-32-25(31)30(20)24-28-18(4)27-23(29-24)26-17(3)19-10-12-22(13-11-19)33-21-8-6-5-7-9-21/h5-13,16-17,20H,14-15H2,1-4H3,(H,26,27,28,29)/t17-,20-/m0/s1. The summed E-state index contributed by atoms with van der Waals surface area (Å²) in [6, 6.07) is 17.4. The minimum absolute atomic E-state index is 0.0672. The topological polar surface area (TPSA) is 89.5 Å². The molecule has 0 unspecified atom stereocenters. The van der Waals surface area contributed by atoms with Gasteiger partial charge in [0, 0.05) is 0 Å². The highest BCUT2D eigenvalue weighted by Gasteiger charge is 2.36. The van der Waals surface area contributed by atoms with Crippen molar-refractivity contribution in [3.05, 3.63) is 66.0 Å². The Hall–Kier alpha value is -3.68. The van der Waals surface area contributed by atoms with E-state index in [2.05, 4.69) is 34.1 Å². The van der Waals surface area contributed by atoms with E-state index < -0.39 is 6.09 Å². The zero-order valence-corrected chi connectivity index (χ0v) is 19.4. The molecule has 0 spiro atoms. The summed E-state index contributed by atoms with van der Waals surface area (Å²) in [6.45, 7) is 8.39. The molecule has 0 saturated carbocycles. The first kappa shape index (κ1) is 22.5. The minimum Gasteiger partial charge on any atom is -0.457 e. The van der Waals surface area contributed by atoms with Crippen LogP contribution in [0.4, 0.5) is 16.7 Å². The molecule has 172 valence electrons. The van der Waals surface area contributed by atoms with Gasteiger partial charge in [0.2, 0.25) is 11.9 Å². The van der Waals surface area contributed by atoms with E-state index in [9.17, 15) is 4.79 Å². The van der Waals surface area contributed by atoms with Gasteiger partial charge in [-0.15, -0.1) is 0 Å². The van der Waals surface area contributed by atoms with E-state index in [4.69, 9.17) is 9.47 Å². The summed E-state index contributed by atoms with van der Waals surface area (Å²) in [6.07, 6.45) is 0.395. The second-order valence-electron chi connectivity index (χ2n) is 8.59. The van der Waals surface area contributed by atoms with Gasteiger partial charge < -0.3 is 14.8 Å². The maximum absolute atomic E-state index is 12.4. The van der Waals surface area contributed by atoms with E-state index in [0.717, 1.165) is 23.5 Å². The number of nitrogens with one attached hydrogen (secondary N) is 1. The Kier molecular flexibility index (Phi) is 6.72. The van der Waals surface area contributed by atoms with E-state index in [1.165, 1.54) is 0 Å². The fourth-order valence-electron chi connectivity index (χ4n) is 3.79. The lowest BCUT2D eigenvalue weighted by atomic mass is 10.0. The number of carbonyl (C=O) groups excluding carboxylic acids is 1. The van der Waals surface area contributed by atoms with Crippen molar-refractivity contribution in [2.75, 3.05) is 16.8 Å². The highest BCUT2D eigenvalue weighted by Crippen LogP contribution is 2.27. The quantitative estimate of drug-likeness (QED) is 0.486. The maximum atomic E-state index is 12.4. The van der Waals surface area contributed by atoms with Crippen LogP contribution in [0.3, 0.4) is 0 Å². The summed E-state index contributed by atoms with van der Waals surface area (Å²) in [7, 11) is 0. The minimum atomic E-state index is -0.417. The Morgan fingerprint density at radius 1 is 1.03 bits per heavy atom. The summed E-state index contributed by atoms with van der Waals surface area (Å²) in [5, 5.41) is 3.32. The molecular formula is C25H29N5O3. The number of rotatable bonds is 8. The number of para-hydroxylation sites is 1. The monoisotopic (exact) mass is 447 g/mol. The number of aromatic nitrogens is 3. The number of ether oxygens (including phenoxy) is 2. The van der Waals surface area contributed by atoms with Crippen molar-refractivity contribution in [1.29, 1.82) is 0 Å². The zero-order valence-electron chi connectivity index (χ0n) is 19.4.